The largest absolute Gasteiger partial charge is 0.466 e. The number of furan rings is 1. The molecule has 0 amide bonds. The second-order valence-corrected chi connectivity index (χ2v) is 4.69. The summed E-state index contributed by atoms with van der Waals surface area (Å²) in [5.41, 5.74) is -2.33. The lowest BCUT2D eigenvalue weighted by atomic mass is 9.97. The first kappa shape index (κ1) is 12.8. The Balaban J connectivity index is 2.94. The molecule has 0 saturated heterocycles. The molecule has 0 spiro atoms. The van der Waals surface area contributed by atoms with Crippen LogP contribution < -0.4 is 0 Å². The molecule has 1 aromatic rings. The van der Waals surface area contributed by atoms with Crippen LogP contribution in [-0.2, 0) is 15.1 Å². The highest BCUT2D eigenvalue weighted by molar-refractivity contribution is 5.80. The summed E-state index contributed by atoms with van der Waals surface area (Å²) >= 11 is 0. The minimum atomic E-state index is -1.70. The Bertz CT molecular complexity index is 348. The number of carbonyl (C=O) groups excluding carboxylic acids is 1. The van der Waals surface area contributed by atoms with Crippen LogP contribution >= 0.6 is 0 Å². The molecule has 0 radical (unpaired) electrons. The third-order valence-electron chi connectivity index (χ3n) is 2.18. The van der Waals surface area contributed by atoms with Crippen molar-refractivity contribution in [2.45, 2.75) is 45.3 Å². The van der Waals surface area contributed by atoms with Crippen molar-refractivity contribution in [2.75, 3.05) is 0 Å². The molecular formula is C12H18O4. The first-order chi connectivity index (χ1) is 7.29. The van der Waals surface area contributed by atoms with Crippen molar-refractivity contribution in [2.24, 2.45) is 0 Å². The van der Waals surface area contributed by atoms with Crippen molar-refractivity contribution in [3.63, 3.8) is 0 Å². The fourth-order valence-corrected chi connectivity index (χ4v) is 1.30. The Hall–Kier alpha value is -1.29. The third-order valence-corrected chi connectivity index (χ3v) is 2.18. The summed E-state index contributed by atoms with van der Waals surface area (Å²) in [5, 5.41) is 10.2. The molecule has 16 heavy (non-hydrogen) atoms. The summed E-state index contributed by atoms with van der Waals surface area (Å²) in [7, 11) is 0. The van der Waals surface area contributed by atoms with E-state index < -0.39 is 17.2 Å². The van der Waals surface area contributed by atoms with Gasteiger partial charge in [0.05, 0.1) is 6.26 Å². The van der Waals surface area contributed by atoms with Gasteiger partial charge in [-0.05, 0) is 39.3 Å². The molecule has 0 saturated carbocycles. The van der Waals surface area contributed by atoms with Gasteiger partial charge in [0.15, 0.2) is 0 Å². The van der Waals surface area contributed by atoms with E-state index in [0.717, 1.165) is 0 Å². The molecule has 1 heterocycles. The van der Waals surface area contributed by atoms with Gasteiger partial charge in [-0.2, -0.15) is 0 Å². The topological polar surface area (TPSA) is 59.7 Å². The summed E-state index contributed by atoms with van der Waals surface area (Å²) in [6.45, 7) is 6.96. The molecule has 4 heteroatoms. The maximum absolute atomic E-state index is 11.9. The van der Waals surface area contributed by atoms with Gasteiger partial charge < -0.3 is 14.3 Å². The van der Waals surface area contributed by atoms with Crippen LogP contribution in [-0.4, -0.2) is 16.7 Å². The molecule has 1 N–H and O–H groups in total. The average molecular weight is 226 g/mol. The molecule has 90 valence electrons. The zero-order valence-corrected chi connectivity index (χ0v) is 10.1. The Morgan fingerprint density at radius 1 is 1.50 bits per heavy atom. The maximum Gasteiger partial charge on any atom is 0.346 e. The number of esters is 1. The Morgan fingerprint density at radius 3 is 2.50 bits per heavy atom. The van der Waals surface area contributed by atoms with Crippen LogP contribution in [0.2, 0.25) is 0 Å². The molecule has 1 rings (SSSR count). The molecule has 0 unspecified atom stereocenters. The van der Waals surface area contributed by atoms with Crippen LogP contribution in [0.4, 0.5) is 0 Å². The number of hydrogen-bond donors (Lipinski definition) is 1. The van der Waals surface area contributed by atoms with Gasteiger partial charge >= 0.3 is 5.97 Å². The predicted octanol–water partition coefficient (Wildman–Crippen LogP) is 2.22. The third kappa shape index (κ3) is 2.64. The van der Waals surface area contributed by atoms with Crippen LogP contribution in [0.5, 0.6) is 0 Å². The minimum absolute atomic E-state index is 0.204. The van der Waals surface area contributed by atoms with Crippen molar-refractivity contribution < 1.29 is 19.1 Å². The fourth-order valence-electron chi connectivity index (χ4n) is 1.30. The lowest BCUT2D eigenvalue weighted by Crippen LogP contribution is -2.40. The Labute approximate surface area is 95.2 Å². The molecule has 1 atom stereocenters. The second kappa shape index (κ2) is 4.29. The predicted molar refractivity (Wildman–Crippen MR) is 58.7 cm³/mol. The number of carbonyl (C=O) groups is 1. The molecule has 0 aliphatic heterocycles. The summed E-state index contributed by atoms with van der Waals surface area (Å²) < 4.78 is 10.2. The van der Waals surface area contributed by atoms with Crippen molar-refractivity contribution in [1.29, 1.82) is 0 Å². The monoisotopic (exact) mass is 226 g/mol. The standard InChI is InChI=1S/C12H18O4/c1-5-12(14,9-7-6-8-15-9)10(13)16-11(2,3)4/h6-8,14H,5H2,1-4H3/t12-/m0/s1. The van der Waals surface area contributed by atoms with Crippen LogP contribution in [0.15, 0.2) is 22.8 Å². The van der Waals surface area contributed by atoms with Gasteiger partial charge in [-0.3, -0.25) is 0 Å². The molecule has 0 aliphatic carbocycles. The zero-order valence-electron chi connectivity index (χ0n) is 10.1. The quantitative estimate of drug-likeness (QED) is 0.803. The van der Waals surface area contributed by atoms with Crippen molar-refractivity contribution in [3.05, 3.63) is 24.2 Å². The molecule has 0 bridgehead atoms. The van der Waals surface area contributed by atoms with E-state index in [4.69, 9.17) is 9.15 Å². The van der Waals surface area contributed by atoms with Crippen LogP contribution in [0, 0.1) is 0 Å². The van der Waals surface area contributed by atoms with Gasteiger partial charge in [-0.1, -0.05) is 6.92 Å². The van der Waals surface area contributed by atoms with Gasteiger partial charge in [0.2, 0.25) is 5.60 Å². The number of aliphatic hydroxyl groups is 1. The molecule has 0 aliphatic rings. The van der Waals surface area contributed by atoms with E-state index in [-0.39, 0.29) is 12.2 Å². The maximum atomic E-state index is 11.9. The lowest BCUT2D eigenvalue weighted by Gasteiger charge is -2.27. The normalized spacial score (nSPS) is 15.6. The highest BCUT2D eigenvalue weighted by Gasteiger charge is 2.42. The van der Waals surface area contributed by atoms with Gasteiger partial charge in [0.25, 0.3) is 0 Å². The van der Waals surface area contributed by atoms with Gasteiger partial charge in [-0.25, -0.2) is 4.79 Å². The van der Waals surface area contributed by atoms with E-state index in [1.54, 1.807) is 39.8 Å². The van der Waals surface area contributed by atoms with E-state index >= 15 is 0 Å². The van der Waals surface area contributed by atoms with Gasteiger partial charge in [-0.15, -0.1) is 0 Å². The first-order valence-corrected chi connectivity index (χ1v) is 5.29. The SMILES string of the molecule is CC[C@@](O)(C(=O)OC(C)(C)C)c1ccco1. The number of hydrogen-bond acceptors (Lipinski definition) is 4. The average Bonchev–Trinajstić information content (AvgIpc) is 2.66. The number of ether oxygens (including phenoxy) is 1. The smallest absolute Gasteiger partial charge is 0.346 e. The van der Waals surface area contributed by atoms with E-state index in [0.29, 0.717) is 0 Å². The van der Waals surface area contributed by atoms with Crippen LogP contribution in [0.1, 0.15) is 39.9 Å². The van der Waals surface area contributed by atoms with E-state index in [9.17, 15) is 9.90 Å². The summed E-state index contributed by atoms with van der Waals surface area (Å²) in [4.78, 5) is 11.9. The lowest BCUT2D eigenvalue weighted by molar-refractivity contribution is -0.180. The van der Waals surface area contributed by atoms with Crippen LogP contribution in [0.25, 0.3) is 0 Å². The second-order valence-electron chi connectivity index (χ2n) is 4.69. The molecule has 1 aromatic heterocycles. The van der Waals surface area contributed by atoms with E-state index in [2.05, 4.69) is 0 Å². The zero-order chi connectivity index (χ0) is 12.4. The van der Waals surface area contributed by atoms with Crippen molar-refractivity contribution >= 4 is 5.97 Å². The Kier molecular flexibility index (Phi) is 3.43. The van der Waals surface area contributed by atoms with Gasteiger partial charge in [0.1, 0.15) is 11.4 Å². The molecule has 0 aromatic carbocycles. The Morgan fingerprint density at radius 2 is 2.12 bits per heavy atom. The highest BCUT2D eigenvalue weighted by atomic mass is 16.6. The molecular weight excluding hydrogens is 208 g/mol. The van der Waals surface area contributed by atoms with Crippen molar-refractivity contribution in [1.82, 2.24) is 0 Å². The number of rotatable bonds is 3. The van der Waals surface area contributed by atoms with E-state index in [1.165, 1.54) is 6.26 Å². The van der Waals surface area contributed by atoms with Gasteiger partial charge in [0, 0.05) is 0 Å². The van der Waals surface area contributed by atoms with E-state index in [1.807, 2.05) is 0 Å². The summed E-state index contributed by atoms with van der Waals surface area (Å²) in [5.74, 6) is -0.471. The summed E-state index contributed by atoms with van der Waals surface area (Å²) in [6, 6.07) is 3.19. The fraction of sp³-hybridized carbons (Fsp3) is 0.583. The minimum Gasteiger partial charge on any atom is -0.466 e. The molecule has 0 fully saturated rings. The highest BCUT2D eigenvalue weighted by Crippen LogP contribution is 2.28. The van der Waals surface area contributed by atoms with Crippen molar-refractivity contribution in [3.8, 4) is 0 Å². The van der Waals surface area contributed by atoms with Crippen LogP contribution in [0.3, 0.4) is 0 Å². The first-order valence-electron chi connectivity index (χ1n) is 5.29. The molecule has 4 nitrogen and oxygen atoms in total. The summed E-state index contributed by atoms with van der Waals surface area (Å²) in [6.07, 6.45) is 1.62.